The molecule has 0 aliphatic carbocycles. The largest absolute Gasteiger partial charge is 0.383 e. The van der Waals surface area contributed by atoms with Crippen LogP contribution in [0.25, 0.3) is 0 Å². The molecule has 0 spiro atoms. The van der Waals surface area contributed by atoms with E-state index in [9.17, 15) is 0 Å². The highest BCUT2D eigenvalue weighted by atomic mass is 16.5. The van der Waals surface area contributed by atoms with Gasteiger partial charge in [0.15, 0.2) is 0 Å². The minimum absolute atomic E-state index is 0.147. The predicted octanol–water partition coefficient (Wildman–Crippen LogP) is 2.11. The minimum Gasteiger partial charge on any atom is -0.383 e. The van der Waals surface area contributed by atoms with Gasteiger partial charge in [-0.1, -0.05) is 27.2 Å². The van der Waals surface area contributed by atoms with Crippen LogP contribution in [0.5, 0.6) is 0 Å². The first kappa shape index (κ1) is 15.9. The van der Waals surface area contributed by atoms with Crippen molar-refractivity contribution in [1.29, 1.82) is 0 Å². The molecule has 2 N–H and O–H groups in total. The van der Waals surface area contributed by atoms with Gasteiger partial charge in [0.05, 0.1) is 6.61 Å². The molecule has 0 aromatic heterocycles. The summed E-state index contributed by atoms with van der Waals surface area (Å²) in [5.74, 6) is 0.730. The normalized spacial score (nSPS) is 17.4. The SMILES string of the molecule is CCC(C)CC(CC)(CN)N(C)CCOC. The van der Waals surface area contributed by atoms with Crippen LogP contribution in [0.4, 0.5) is 0 Å². The van der Waals surface area contributed by atoms with Crippen LogP contribution in [0, 0.1) is 5.92 Å². The molecule has 2 unspecified atom stereocenters. The fourth-order valence-electron chi connectivity index (χ4n) is 2.21. The van der Waals surface area contributed by atoms with E-state index in [1.165, 1.54) is 12.8 Å². The van der Waals surface area contributed by atoms with Crippen molar-refractivity contribution in [2.24, 2.45) is 11.7 Å². The Labute approximate surface area is 101 Å². The van der Waals surface area contributed by atoms with Gasteiger partial charge in [-0.15, -0.1) is 0 Å². The van der Waals surface area contributed by atoms with Crippen LogP contribution in [0.3, 0.4) is 0 Å². The molecule has 0 saturated carbocycles. The van der Waals surface area contributed by atoms with Gasteiger partial charge in [0, 0.05) is 25.7 Å². The van der Waals surface area contributed by atoms with E-state index in [1.54, 1.807) is 7.11 Å². The van der Waals surface area contributed by atoms with Gasteiger partial charge in [-0.3, -0.25) is 4.90 Å². The minimum atomic E-state index is 0.147. The Morgan fingerprint density at radius 1 is 1.38 bits per heavy atom. The molecule has 3 nitrogen and oxygen atoms in total. The van der Waals surface area contributed by atoms with Gasteiger partial charge in [0.1, 0.15) is 0 Å². The highest BCUT2D eigenvalue weighted by Crippen LogP contribution is 2.27. The summed E-state index contributed by atoms with van der Waals surface area (Å²) in [4.78, 5) is 2.38. The first-order chi connectivity index (χ1) is 7.56. The van der Waals surface area contributed by atoms with Crippen molar-refractivity contribution in [1.82, 2.24) is 4.90 Å². The number of hydrogen-bond donors (Lipinski definition) is 1. The standard InChI is InChI=1S/C13H30N2O/c1-6-12(3)10-13(7-2,11-14)15(4)8-9-16-5/h12H,6-11,14H2,1-5H3. The molecule has 2 atom stereocenters. The molecule has 0 bridgehead atoms. The number of nitrogens with zero attached hydrogens (tertiary/aromatic N) is 1. The van der Waals surface area contributed by atoms with Gasteiger partial charge < -0.3 is 10.5 Å². The van der Waals surface area contributed by atoms with E-state index in [2.05, 4.69) is 32.7 Å². The van der Waals surface area contributed by atoms with E-state index in [1.807, 2.05) is 0 Å². The maximum atomic E-state index is 6.01. The number of rotatable bonds is 9. The van der Waals surface area contributed by atoms with E-state index in [0.717, 1.165) is 32.0 Å². The summed E-state index contributed by atoms with van der Waals surface area (Å²) in [5.41, 5.74) is 6.16. The van der Waals surface area contributed by atoms with E-state index in [-0.39, 0.29) is 5.54 Å². The molecule has 0 fully saturated rings. The van der Waals surface area contributed by atoms with Crippen LogP contribution in [0.1, 0.15) is 40.0 Å². The van der Waals surface area contributed by atoms with Crippen LogP contribution in [0.15, 0.2) is 0 Å². The fraction of sp³-hybridized carbons (Fsp3) is 1.00. The van der Waals surface area contributed by atoms with Crippen molar-refractivity contribution >= 4 is 0 Å². The predicted molar refractivity (Wildman–Crippen MR) is 70.7 cm³/mol. The van der Waals surface area contributed by atoms with E-state index < -0.39 is 0 Å². The molecule has 0 aromatic rings. The molecule has 0 aliphatic rings. The Kier molecular flexibility index (Phi) is 7.98. The Hall–Kier alpha value is -0.120. The number of nitrogens with two attached hydrogens (primary N) is 1. The summed E-state index contributed by atoms with van der Waals surface area (Å²) in [6, 6.07) is 0. The van der Waals surface area contributed by atoms with Crippen LogP contribution in [0.2, 0.25) is 0 Å². The maximum absolute atomic E-state index is 6.01. The molecule has 3 heteroatoms. The molecule has 0 radical (unpaired) electrons. The van der Waals surface area contributed by atoms with Crippen molar-refractivity contribution in [2.75, 3.05) is 33.9 Å². The van der Waals surface area contributed by atoms with E-state index in [4.69, 9.17) is 10.5 Å². The number of hydrogen-bond acceptors (Lipinski definition) is 3. The summed E-state index contributed by atoms with van der Waals surface area (Å²) in [5, 5.41) is 0. The molecule has 0 rings (SSSR count). The third kappa shape index (κ3) is 4.40. The molecular weight excluding hydrogens is 200 g/mol. The second-order valence-electron chi connectivity index (χ2n) is 4.91. The van der Waals surface area contributed by atoms with E-state index >= 15 is 0 Å². The lowest BCUT2D eigenvalue weighted by atomic mass is 9.83. The first-order valence-corrected chi connectivity index (χ1v) is 6.46. The van der Waals surface area contributed by atoms with Crippen molar-refractivity contribution in [3.63, 3.8) is 0 Å². The Balaban J connectivity index is 4.51. The summed E-state index contributed by atoms with van der Waals surface area (Å²) in [7, 11) is 3.91. The van der Waals surface area contributed by atoms with Gasteiger partial charge in [0.25, 0.3) is 0 Å². The highest BCUT2D eigenvalue weighted by molar-refractivity contribution is 4.90. The van der Waals surface area contributed by atoms with Crippen molar-refractivity contribution in [3.8, 4) is 0 Å². The highest BCUT2D eigenvalue weighted by Gasteiger charge is 2.32. The summed E-state index contributed by atoms with van der Waals surface area (Å²) in [6.07, 6.45) is 3.50. The quantitative estimate of drug-likeness (QED) is 0.659. The third-order valence-electron chi connectivity index (χ3n) is 3.90. The molecule has 0 saturated heterocycles. The second kappa shape index (κ2) is 8.04. The number of likely N-dealkylation sites (N-methyl/N-ethyl adjacent to an activating group) is 1. The van der Waals surface area contributed by atoms with Gasteiger partial charge in [-0.2, -0.15) is 0 Å². The Bertz CT molecular complexity index is 169. The smallest absolute Gasteiger partial charge is 0.0589 e. The lowest BCUT2D eigenvalue weighted by Crippen LogP contribution is -2.53. The van der Waals surface area contributed by atoms with Crippen molar-refractivity contribution in [3.05, 3.63) is 0 Å². The molecule has 98 valence electrons. The van der Waals surface area contributed by atoms with Crippen LogP contribution < -0.4 is 5.73 Å². The van der Waals surface area contributed by atoms with E-state index in [0.29, 0.717) is 0 Å². The summed E-state index contributed by atoms with van der Waals surface area (Å²) in [6.45, 7) is 9.25. The van der Waals surface area contributed by atoms with Gasteiger partial charge in [-0.25, -0.2) is 0 Å². The Morgan fingerprint density at radius 2 is 2.00 bits per heavy atom. The summed E-state index contributed by atoms with van der Waals surface area (Å²) < 4.78 is 5.15. The van der Waals surface area contributed by atoms with Crippen molar-refractivity contribution < 1.29 is 4.74 Å². The number of methoxy groups -OCH3 is 1. The van der Waals surface area contributed by atoms with Crippen LogP contribution >= 0.6 is 0 Å². The molecule has 0 aromatic carbocycles. The van der Waals surface area contributed by atoms with Gasteiger partial charge in [0.2, 0.25) is 0 Å². The zero-order valence-electron chi connectivity index (χ0n) is 11.8. The number of ether oxygens (including phenoxy) is 1. The van der Waals surface area contributed by atoms with Crippen LogP contribution in [-0.4, -0.2) is 44.3 Å². The van der Waals surface area contributed by atoms with Gasteiger partial charge in [-0.05, 0) is 25.8 Å². The monoisotopic (exact) mass is 230 g/mol. The summed E-state index contributed by atoms with van der Waals surface area (Å²) >= 11 is 0. The third-order valence-corrected chi connectivity index (χ3v) is 3.90. The van der Waals surface area contributed by atoms with Crippen molar-refractivity contribution in [2.45, 2.75) is 45.6 Å². The van der Waals surface area contributed by atoms with Gasteiger partial charge >= 0.3 is 0 Å². The molecule has 16 heavy (non-hydrogen) atoms. The molecule has 0 amide bonds. The lowest BCUT2D eigenvalue weighted by Gasteiger charge is -2.42. The topological polar surface area (TPSA) is 38.5 Å². The average Bonchev–Trinajstić information content (AvgIpc) is 2.32. The molecule has 0 heterocycles. The fourth-order valence-corrected chi connectivity index (χ4v) is 2.21. The molecule has 0 aliphatic heterocycles. The molecular formula is C13H30N2O. The maximum Gasteiger partial charge on any atom is 0.0589 e. The van der Waals surface area contributed by atoms with Crippen LogP contribution in [-0.2, 0) is 4.74 Å². The zero-order chi connectivity index (χ0) is 12.6. The Morgan fingerprint density at radius 3 is 2.38 bits per heavy atom. The lowest BCUT2D eigenvalue weighted by molar-refractivity contribution is 0.0623. The second-order valence-corrected chi connectivity index (χ2v) is 4.91. The average molecular weight is 230 g/mol. The zero-order valence-corrected chi connectivity index (χ0v) is 11.8. The first-order valence-electron chi connectivity index (χ1n) is 6.46.